The number of anilines is 1. The number of ether oxygens (including phenoxy) is 1. The first-order chi connectivity index (χ1) is 12.8. The summed E-state index contributed by atoms with van der Waals surface area (Å²) in [4.78, 5) is 18.4. The van der Waals surface area contributed by atoms with Gasteiger partial charge in [0.25, 0.3) is 5.91 Å². The Balaban J connectivity index is 1.56. The van der Waals surface area contributed by atoms with Gasteiger partial charge in [0.2, 0.25) is 0 Å². The van der Waals surface area contributed by atoms with Crippen LogP contribution in [0.25, 0.3) is 11.0 Å². The summed E-state index contributed by atoms with van der Waals surface area (Å²) in [7, 11) is 1.61. The molecule has 1 saturated heterocycles. The van der Waals surface area contributed by atoms with Crippen molar-refractivity contribution in [3.63, 3.8) is 0 Å². The molecule has 7 heteroatoms. The van der Waals surface area contributed by atoms with Crippen LogP contribution in [0.15, 0.2) is 34.9 Å². The van der Waals surface area contributed by atoms with Gasteiger partial charge in [0, 0.05) is 29.1 Å². The summed E-state index contributed by atoms with van der Waals surface area (Å²) in [6.07, 6.45) is 4.10. The van der Waals surface area contributed by atoms with Gasteiger partial charge in [0.15, 0.2) is 10.9 Å². The van der Waals surface area contributed by atoms with Gasteiger partial charge in [-0.15, -0.1) is 11.3 Å². The van der Waals surface area contributed by atoms with E-state index in [0.29, 0.717) is 23.2 Å². The summed E-state index contributed by atoms with van der Waals surface area (Å²) in [6.45, 7) is 2.38. The molecule has 3 heterocycles. The van der Waals surface area contributed by atoms with Gasteiger partial charge in [-0.25, -0.2) is 4.98 Å². The van der Waals surface area contributed by atoms with E-state index in [1.54, 1.807) is 18.4 Å². The van der Waals surface area contributed by atoms with Crippen LogP contribution in [0.5, 0.6) is 0 Å². The fourth-order valence-corrected chi connectivity index (χ4v) is 4.34. The molecule has 4 rings (SSSR count). The predicted molar refractivity (Wildman–Crippen MR) is 102 cm³/mol. The topological polar surface area (TPSA) is 76.4 Å². The number of furan rings is 1. The lowest BCUT2D eigenvalue weighted by atomic mass is 9.97. The maximum atomic E-state index is 12.8. The van der Waals surface area contributed by atoms with Crippen molar-refractivity contribution < 1.29 is 13.9 Å². The molecule has 0 unspecified atom stereocenters. The maximum Gasteiger partial charge on any atom is 0.293 e. The van der Waals surface area contributed by atoms with Crippen molar-refractivity contribution >= 4 is 33.3 Å². The number of carbonyl (C=O) groups is 1. The van der Waals surface area contributed by atoms with Crippen LogP contribution in [0.1, 0.15) is 39.8 Å². The molecule has 1 aliphatic rings. The van der Waals surface area contributed by atoms with Crippen molar-refractivity contribution in [2.24, 2.45) is 0 Å². The number of carbonyl (C=O) groups excluding carboxylic acids is 1. The van der Waals surface area contributed by atoms with Crippen LogP contribution in [0.4, 0.5) is 5.13 Å². The quantitative estimate of drug-likeness (QED) is 0.714. The van der Waals surface area contributed by atoms with Crippen LogP contribution in [0, 0.1) is 0 Å². The second-order valence-electron chi connectivity index (χ2n) is 6.39. The zero-order chi connectivity index (χ0) is 17.9. The summed E-state index contributed by atoms with van der Waals surface area (Å²) >= 11 is 1.54. The zero-order valence-corrected chi connectivity index (χ0v) is 15.4. The molecule has 0 radical (unpaired) electrons. The van der Waals surface area contributed by atoms with Crippen molar-refractivity contribution in [3.05, 3.63) is 46.7 Å². The largest absolute Gasteiger partial charge is 0.451 e. The molecule has 0 aliphatic carbocycles. The number of hydrogen-bond donors (Lipinski definition) is 2. The molecule has 1 aliphatic heterocycles. The van der Waals surface area contributed by atoms with Crippen LogP contribution < -0.4 is 10.6 Å². The fraction of sp³-hybridized carbons (Fsp3) is 0.368. The summed E-state index contributed by atoms with van der Waals surface area (Å²) in [5.74, 6) is 0.515. The van der Waals surface area contributed by atoms with Gasteiger partial charge in [-0.2, -0.15) is 0 Å². The second-order valence-corrected chi connectivity index (χ2v) is 7.45. The number of piperidine rings is 1. The normalized spacial score (nSPS) is 15.4. The first-order valence-corrected chi connectivity index (χ1v) is 9.55. The Morgan fingerprint density at radius 1 is 1.38 bits per heavy atom. The highest BCUT2D eigenvalue weighted by Crippen LogP contribution is 2.32. The smallest absolute Gasteiger partial charge is 0.293 e. The van der Waals surface area contributed by atoms with E-state index in [1.807, 2.05) is 30.5 Å². The van der Waals surface area contributed by atoms with Crippen LogP contribution >= 0.6 is 11.3 Å². The summed E-state index contributed by atoms with van der Waals surface area (Å²) in [5.41, 5.74) is 1.44. The highest BCUT2D eigenvalue weighted by molar-refractivity contribution is 7.15. The molecule has 1 fully saturated rings. The molecular weight excluding hydrogens is 350 g/mol. The van der Waals surface area contributed by atoms with E-state index in [-0.39, 0.29) is 11.7 Å². The number of hydrogen-bond acceptors (Lipinski definition) is 6. The monoisotopic (exact) mass is 371 g/mol. The number of aromatic nitrogens is 1. The number of nitrogens with one attached hydrogen (secondary N) is 2. The number of para-hydroxylation sites is 1. The molecular formula is C19H21N3O3S. The number of thiazole rings is 1. The molecule has 6 nitrogen and oxygen atoms in total. The predicted octanol–water partition coefficient (Wildman–Crippen LogP) is 3.76. The van der Waals surface area contributed by atoms with Gasteiger partial charge in [0.1, 0.15) is 5.58 Å². The fourth-order valence-electron chi connectivity index (χ4n) is 3.36. The van der Waals surface area contributed by atoms with Gasteiger partial charge in [-0.3, -0.25) is 10.1 Å². The minimum Gasteiger partial charge on any atom is -0.451 e. The van der Waals surface area contributed by atoms with Gasteiger partial charge in [-0.05, 0) is 37.9 Å². The first kappa shape index (κ1) is 17.2. The molecule has 1 amide bonds. The summed E-state index contributed by atoms with van der Waals surface area (Å²) < 4.78 is 11.0. The SMILES string of the molecule is COCc1c(C(=O)Nc2ncc(C3CCNCC3)s2)oc2ccccc12. The van der Waals surface area contributed by atoms with Crippen LogP contribution in [0.3, 0.4) is 0 Å². The Bertz CT molecular complexity index is 912. The molecule has 2 aromatic heterocycles. The average molecular weight is 371 g/mol. The zero-order valence-electron chi connectivity index (χ0n) is 14.6. The van der Waals surface area contributed by atoms with E-state index in [4.69, 9.17) is 9.15 Å². The van der Waals surface area contributed by atoms with Crippen molar-refractivity contribution in [1.29, 1.82) is 0 Å². The van der Waals surface area contributed by atoms with Crippen molar-refractivity contribution in [2.75, 3.05) is 25.5 Å². The maximum absolute atomic E-state index is 12.8. The highest BCUT2D eigenvalue weighted by Gasteiger charge is 2.22. The number of methoxy groups -OCH3 is 1. The Morgan fingerprint density at radius 2 is 2.19 bits per heavy atom. The van der Waals surface area contributed by atoms with Gasteiger partial charge < -0.3 is 14.5 Å². The lowest BCUT2D eigenvalue weighted by Gasteiger charge is -2.20. The molecule has 26 heavy (non-hydrogen) atoms. The lowest BCUT2D eigenvalue weighted by molar-refractivity contribution is 0.0992. The van der Waals surface area contributed by atoms with E-state index in [9.17, 15) is 4.79 Å². The molecule has 0 saturated carbocycles. The van der Waals surface area contributed by atoms with Crippen molar-refractivity contribution in [1.82, 2.24) is 10.3 Å². The van der Waals surface area contributed by atoms with Gasteiger partial charge in [-0.1, -0.05) is 18.2 Å². The van der Waals surface area contributed by atoms with E-state index >= 15 is 0 Å². The number of rotatable bonds is 5. The molecule has 0 bridgehead atoms. The Kier molecular flexibility index (Phi) is 5.01. The van der Waals surface area contributed by atoms with Crippen molar-refractivity contribution in [2.45, 2.75) is 25.4 Å². The molecule has 2 N–H and O–H groups in total. The number of amides is 1. The van der Waals surface area contributed by atoms with Crippen LogP contribution in [0.2, 0.25) is 0 Å². The average Bonchev–Trinajstić information content (AvgIpc) is 3.28. The Hall–Kier alpha value is -2.22. The van der Waals surface area contributed by atoms with E-state index in [2.05, 4.69) is 15.6 Å². The highest BCUT2D eigenvalue weighted by atomic mass is 32.1. The van der Waals surface area contributed by atoms with E-state index in [1.165, 1.54) is 4.88 Å². The number of fused-ring (bicyclic) bond motifs is 1. The lowest BCUT2D eigenvalue weighted by Crippen LogP contribution is -2.26. The van der Waals surface area contributed by atoms with Gasteiger partial charge in [0.05, 0.1) is 6.61 Å². The number of benzene rings is 1. The molecule has 0 spiro atoms. The standard InChI is InChI=1S/C19H21N3O3S/c1-24-11-14-13-4-2-3-5-15(13)25-17(14)18(23)22-19-21-10-16(26-19)12-6-8-20-9-7-12/h2-5,10,12,20H,6-9,11H2,1H3,(H,21,22,23). The van der Waals surface area contributed by atoms with E-state index in [0.717, 1.165) is 36.9 Å². The minimum atomic E-state index is -0.292. The Morgan fingerprint density at radius 3 is 3.00 bits per heavy atom. The third kappa shape index (κ3) is 3.38. The molecule has 0 atom stereocenters. The molecule has 1 aromatic carbocycles. The number of nitrogens with zero attached hydrogens (tertiary/aromatic N) is 1. The third-order valence-electron chi connectivity index (χ3n) is 4.68. The molecule has 3 aromatic rings. The van der Waals surface area contributed by atoms with Crippen molar-refractivity contribution in [3.8, 4) is 0 Å². The van der Waals surface area contributed by atoms with E-state index < -0.39 is 0 Å². The van der Waals surface area contributed by atoms with Crippen LogP contribution in [-0.2, 0) is 11.3 Å². The van der Waals surface area contributed by atoms with Gasteiger partial charge >= 0.3 is 0 Å². The summed E-state index contributed by atoms with van der Waals surface area (Å²) in [6, 6.07) is 7.59. The minimum absolute atomic E-state index is 0.284. The summed E-state index contributed by atoms with van der Waals surface area (Å²) in [5, 5.41) is 7.75. The Labute approximate surface area is 155 Å². The van der Waals surface area contributed by atoms with Crippen LogP contribution in [-0.4, -0.2) is 31.1 Å². The third-order valence-corrected chi connectivity index (χ3v) is 5.75. The first-order valence-electron chi connectivity index (χ1n) is 8.73. The second kappa shape index (κ2) is 7.57. The molecule has 136 valence electrons.